The molecule has 0 aliphatic heterocycles. The van der Waals surface area contributed by atoms with Crippen LogP contribution in [-0.2, 0) is 20.9 Å². The standard InChI is InChI=1S/C18H20N2O5S/c1-4-24-18(23)17-20-14(10-26-17)9-25-15(21)8-19-16(22)13-6-5-11(2)12(3)7-13/h5-7,10H,4,8-9H2,1-3H3,(H,19,22). The van der Waals surface area contributed by atoms with E-state index in [-0.39, 0.29) is 30.7 Å². The summed E-state index contributed by atoms with van der Waals surface area (Å²) in [6.45, 7) is 5.53. The van der Waals surface area contributed by atoms with Crippen LogP contribution in [-0.4, -0.2) is 36.0 Å². The number of thiazole rings is 1. The maximum absolute atomic E-state index is 12.0. The van der Waals surface area contributed by atoms with Crippen LogP contribution in [0.15, 0.2) is 23.6 Å². The minimum atomic E-state index is -0.590. The molecule has 7 nitrogen and oxygen atoms in total. The topological polar surface area (TPSA) is 94.6 Å². The Hall–Kier alpha value is -2.74. The summed E-state index contributed by atoms with van der Waals surface area (Å²) in [5, 5.41) is 4.34. The lowest BCUT2D eigenvalue weighted by Gasteiger charge is -2.07. The molecule has 0 spiro atoms. The van der Waals surface area contributed by atoms with Gasteiger partial charge in [0, 0.05) is 10.9 Å². The number of carbonyl (C=O) groups is 3. The van der Waals surface area contributed by atoms with Gasteiger partial charge in [-0.05, 0) is 44.0 Å². The molecule has 2 rings (SSSR count). The molecule has 8 heteroatoms. The summed E-state index contributed by atoms with van der Waals surface area (Å²) >= 11 is 1.12. The summed E-state index contributed by atoms with van der Waals surface area (Å²) in [6.07, 6.45) is 0. The van der Waals surface area contributed by atoms with Crippen molar-refractivity contribution in [2.24, 2.45) is 0 Å². The number of benzene rings is 1. The minimum Gasteiger partial charge on any atom is -0.461 e. The number of aromatic nitrogens is 1. The zero-order valence-electron chi connectivity index (χ0n) is 14.8. The third-order valence-corrected chi connectivity index (χ3v) is 4.42. The second kappa shape index (κ2) is 9.10. The van der Waals surface area contributed by atoms with E-state index in [9.17, 15) is 14.4 Å². The highest BCUT2D eigenvalue weighted by Gasteiger charge is 2.14. The number of rotatable bonds is 7. The molecule has 0 saturated carbocycles. The Labute approximate surface area is 155 Å². The molecule has 0 aliphatic carbocycles. The Balaban J connectivity index is 1.79. The molecule has 1 amide bonds. The van der Waals surface area contributed by atoms with Gasteiger partial charge < -0.3 is 14.8 Å². The van der Waals surface area contributed by atoms with Gasteiger partial charge >= 0.3 is 11.9 Å². The van der Waals surface area contributed by atoms with Crippen molar-refractivity contribution < 1.29 is 23.9 Å². The monoisotopic (exact) mass is 376 g/mol. The molecule has 1 N–H and O–H groups in total. The number of amides is 1. The molecule has 26 heavy (non-hydrogen) atoms. The van der Waals surface area contributed by atoms with Crippen LogP contribution in [0.5, 0.6) is 0 Å². The summed E-state index contributed by atoms with van der Waals surface area (Å²) in [5.41, 5.74) is 3.03. The lowest BCUT2D eigenvalue weighted by molar-refractivity contribution is -0.143. The summed E-state index contributed by atoms with van der Waals surface area (Å²) < 4.78 is 9.89. The van der Waals surface area contributed by atoms with E-state index < -0.39 is 11.9 Å². The first-order valence-electron chi connectivity index (χ1n) is 8.03. The van der Waals surface area contributed by atoms with Crippen LogP contribution in [0.3, 0.4) is 0 Å². The summed E-state index contributed by atoms with van der Waals surface area (Å²) in [7, 11) is 0. The average molecular weight is 376 g/mol. The lowest BCUT2D eigenvalue weighted by Crippen LogP contribution is -2.30. The van der Waals surface area contributed by atoms with Crippen LogP contribution in [0.25, 0.3) is 0 Å². The molecular formula is C18H20N2O5S. The van der Waals surface area contributed by atoms with Crippen LogP contribution < -0.4 is 5.32 Å². The van der Waals surface area contributed by atoms with Crippen molar-refractivity contribution in [2.75, 3.05) is 13.2 Å². The molecule has 0 aliphatic rings. The number of esters is 2. The maximum atomic E-state index is 12.0. The van der Waals surface area contributed by atoms with E-state index in [1.54, 1.807) is 24.4 Å². The van der Waals surface area contributed by atoms with Gasteiger partial charge in [-0.2, -0.15) is 0 Å². The Kier molecular flexibility index (Phi) is 6.85. The fourth-order valence-corrected chi connectivity index (χ4v) is 2.70. The van der Waals surface area contributed by atoms with Crippen LogP contribution >= 0.6 is 11.3 Å². The van der Waals surface area contributed by atoms with Crippen LogP contribution in [0.4, 0.5) is 0 Å². The predicted octanol–water partition coefficient (Wildman–Crippen LogP) is 2.41. The molecule has 0 atom stereocenters. The Morgan fingerprint density at radius 3 is 2.62 bits per heavy atom. The highest BCUT2D eigenvalue weighted by molar-refractivity contribution is 7.11. The number of aryl methyl sites for hydroxylation is 2. The third kappa shape index (κ3) is 5.38. The van der Waals surface area contributed by atoms with Crippen LogP contribution in [0.1, 0.15) is 43.9 Å². The van der Waals surface area contributed by atoms with Gasteiger partial charge in [0.2, 0.25) is 5.01 Å². The molecule has 0 fully saturated rings. The molecule has 1 heterocycles. The summed E-state index contributed by atoms with van der Waals surface area (Å²) in [4.78, 5) is 39.4. The zero-order valence-corrected chi connectivity index (χ0v) is 15.6. The van der Waals surface area contributed by atoms with E-state index in [2.05, 4.69) is 10.3 Å². The van der Waals surface area contributed by atoms with Gasteiger partial charge in [-0.25, -0.2) is 9.78 Å². The molecular weight excluding hydrogens is 356 g/mol. The quantitative estimate of drug-likeness (QED) is 0.746. The molecule has 138 valence electrons. The third-order valence-electron chi connectivity index (χ3n) is 3.55. The summed E-state index contributed by atoms with van der Waals surface area (Å²) in [5.74, 6) is -1.44. The smallest absolute Gasteiger partial charge is 0.367 e. The first-order chi connectivity index (χ1) is 12.4. The molecule has 0 unspecified atom stereocenters. The summed E-state index contributed by atoms with van der Waals surface area (Å²) in [6, 6.07) is 5.32. The van der Waals surface area contributed by atoms with Crippen LogP contribution in [0, 0.1) is 13.8 Å². The zero-order chi connectivity index (χ0) is 19.1. The lowest BCUT2D eigenvalue weighted by atomic mass is 10.1. The van der Waals surface area contributed by atoms with Gasteiger partial charge in [-0.15, -0.1) is 11.3 Å². The number of ether oxygens (including phenoxy) is 2. The Morgan fingerprint density at radius 1 is 1.15 bits per heavy atom. The fourth-order valence-electron chi connectivity index (χ4n) is 2.00. The van der Waals surface area contributed by atoms with Crippen LogP contribution in [0.2, 0.25) is 0 Å². The van der Waals surface area contributed by atoms with E-state index in [4.69, 9.17) is 9.47 Å². The number of carbonyl (C=O) groups excluding carboxylic acids is 3. The Bertz CT molecular complexity index is 816. The van der Waals surface area contributed by atoms with Gasteiger partial charge in [-0.3, -0.25) is 9.59 Å². The van der Waals surface area contributed by atoms with E-state index >= 15 is 0 Å². The van der Waals surface area contributed by atoms with Gasteiger partial charge in [-0.1, -0.05) is 6.07 Å². The van der Waals surface area contributed by atoms with Crippen molar-refractivity contribution in [3.05, 3.63) is 51.0 Å². The van der Waals surface area contributed by atoms with Gasteiger partial charge in [0.1, 0.15) is 13.2 Å². The fraction of sp³-hybridized carbons (Fsp3) is 0.333. The van der Waals surface area contributed by atoms with E-state index in [1.807, 2.05) is 19.9 Å². The molecule has 1 aromatic heterocycles. The number of nitrogens with zero attached hydrogens (tertiary/aromatic N) is 1. The number of hydrogen-bond donors (Lipinski definition) is 1. The van der Waals surface area contributed by atoms with Crippen molar-refractivity contribution in [2.45, 2.75) is 27.4 Å². The van der Waals surface area contributed by atoms with Crippen molar-refractivity contribution in [1.82, 2.24) is 10.3 Å². The minimum absolute atomic E-state index is 0.0752. The van der Waals surface area contributed by atoms with Crippen molar-refractivity contribution in [3.8, 4) is 0 Å². The first kappa shape index (κ1) is 19.6. The van der Waals surface area contributed by atoms with Gasteiger partial charge in [0.15, 0.2) is 0 Å². The number of nitrogens with one attached hydrogen (secondary N) is 1. The van der Waals surface area contributed by atoms with E-state index in [0.29, 0.717) is 11.3 Å². The highest BCUT2D eigenvalue weighted by atomic mass is 32.1. The predicted molar refractivity (Wildman–Crippen MR) is 96.1 cm³/mol. The average Bonchev–Trinajstić information content (AvgIpc) is 3.09. The first-order valence-corrected chi connectivity index (χ1v) is 8.91. The molecule has 0 saturated heterocycles. The van der Waals surface area contributed by atoms with Crippen molar-refractivity contribution in [1.29, 1.82) is 0 Å². The van der Waals surface area contributed by atoms with Crippen molar-refractivity contribution in [3.63, 3.8) is 0 Å². The molecule has 1 aromatic carbocycles. The maximum Gasteiger partial charge on any atom is 0.367 e. The van der Waals surface area contributed by atoms with Crippen molar-refractivity contribution >= 4 is 29.2 Å². The number of hydrogen-bond acceptors (Lipinski definition) is 7. The second-order valence-corrected chi connectivity index (χ2v) is 6.36. The molecule has 0 radical (unpaired) electrons. The highest BCUT2D eigenvalue weighted by Crippen LogP contribution is 2.12. The second-order valence-electron chi connectivity index (χ2n) is 5.51. The molecule has 2 aromatic rings. The molecule has 0 bridgehead atoms. The largest absolute Gasteiger partial charge is 0.461 e. The van der Waals surface area contributed by atoms with Gasteiger partial charge in [0.25, 0.3) is 5.91 Å². The SMILES string of the molecule is CCOC(=O)c1nc(COC(=O)CNC(=O)c2ccc(C)c(C)c2)cs1. The van der Waals surface area contributed by atoms with E-state index in [0.717, 1.165) is 22.5 Å². The van der Waals surface area contributed by atoms with Gasteiger partial charge in [0.05, 0.1) is 12.3 Å². The van der Waals surface area contributed by atoms with E-state index in [1.165, 1.54) is 0 Å². The Morgan fingerprint density at radius 2 is 1.92 bits per heavy atom. The normalized spacial score (nSPS) is 10.3.